The molecule has 8 heteroatoms. The second-order valence-corrected chi connectivity index (χ2v) is 11.1. The number of nitrogens with one attached hydrogen (secondary N) is 1. The fourth-order valence-corrected chi connectivity index (χ4v) is 5.60. The summed E-state index contributed by atoms with van der Waals surface area (Å²) >= 11 is 0. The van der Waals surface area contributed by atoms with Crippen LogP contribution in [-0.2, 0) is 14.4 Å². The summed E-state index contributed by atoms with van der Waals surface area (Å²) in [5.41, 5.74) is 5.58. The Hall–Kier alpha value is -4.07. The first-order valence-electron chi connectivity index (χ1n) is 13.9. The van der Waals surface area contributed by atoms with E-state index in [9.17, 15) is 19.5 Å². The number of hydrogen-bond acceptors (Lipinski definition) is 5. The van der Waals surface area contributed by atoms with Crippen molar-refractivity contribution in [2.24, 2.45) is 5.92 Å². The molecule has 2 aromatic heterocycles. The molecule has 2 N–H and O–H groups in total. The molecule has 3 aromatic rings. The van der Waals surface area contributed by atoms with Crippen molar-refractivity contribution >= 4 is 17.8 Å². The molecule has 0 saturated carbocycles. The van der Waals surface area contributed by atoms with Crippen molar-refractivity contribution in [1.29, 1.82) is 0 Å². The number of carboxylic acid groups (broad SMARTS) is 1. The molecule has 3 heterocycles. The number of carbonyl (C=O) groups excluding carboxylic acids is 2. The van der Waals surface area contributed by atoms with Crippen LogP contribution in [-0.4, -0.2) is 50.3 Å². The number of pyridine rings is 2. The third kappa shape index (κ3) is 6.92. The Morgan fingerprint density at radius 2 is 1.85 bits per heavy atom. The van der Waals surface area contributed by atoms with Gasteiger partial charge >= 0.3 is 5.97 Å². The maximum atomic E-state index is 13.9. The Balaban J connectivity index is 1.62. The van der Waals surface area contributed by atoms with E-state index in [2.05, 4.69) is 15.3 Å². The maximum Gasteiger partial charge on any atom is 0.305 e. The zero-order valence-electron chi connectivity index (χ0n) is 23.6. The van der Waals surface area contributed by atoms with Gasteiger partial charge in [-0.05, 0) is 73.1 Å². The average molecular weight is 543 g/mol. The van der Waals surface area contributed by atoms with E-state index >= 15 is 0 Å². The number of amides is 2. The van der Waals surface area contributed by atoms with Crippen LogP contribution >= 0.6 is 0 Å². The fourth-order valence-electron chi connectivity index (χ4n) is 5.60. The zero-order chi connectivity index (χ0) is 28.8. The third-order valence-corrected chi connectivity index (χ3v) is 7.55. The highest BCUT2D eigenvalue weighted by molar-refractivity contribution is 5.89. The predicted octanol–water partition coefficient (Wildman–Crippen LogP) is 5.21. The van der Waals surface area contributed by atoms with Gasteiger partial charge in [0.2, 0.25) is 11.8 Å². The maximum absolute atomic E-state index is 13.9. The van der Waals surface area contributed by atoms with Gasteiger partial charge in [0, 0.05) is 48.7 Å². The quantitative estimate of drug-likeness (QED) is 0.364. The fraction of sp³-hybridized carbons (Fsp3) is 0.406. The molecule has 8 nitrogen and oxygen atoms in total. The van der Waals surface area contributed by atoms with E-state index in [0.717, 1.165) is 27.9 Å². The number of benzene rings is 1. The Labute approximate surface area is 235 Å². The van der Waals surface area contributed by atoms with Crippen LogP contribution < -0.4 is 5.32 Å². The third-order valence-electron chi connectivity index (χ3n) is 7.55. The van der Waals surface area contributed by atoms with Crippen LogP contribution in [0.3, 0.4) is 0 Å². The number of aryl methyl sites for hydroxylation is 2. The molecule has 2 amide bonds. The summed E-state index contributed by atoms with van der Waals surface area (Å²) in [7, 11) is 0. The highest BCUT2D eigenvalue weighted by atomic mass is 16.4. The lowest BCUT2D eigenvalue weighted by Gasteiger charge is -2.38. The second-order valence-electron chi connectivity index (χ2n) is 11.1. The lowest BCUT2D eigenvalue weighted by atomic mass is 9.90. The van der Waals surface area contributed by atoms with Gasteiger partial charge in [-0.1, -0.05) is 38.1 Å². The van der Waals surface area contributed by atoms with Gasteiger partial charge in [0.1, 0.15) is 6.04 Å². The first-order chi connectivity index (χ1) is 19.1. The van der Waals surface area contributed by atoms with Crippen LogP contribution in [0.5, 0.6) is 0 Å². The molecule has 210 valence electrons. The monoisotopic (exact) mass is 542 g/mol. The van der Waals surface area contributed by atoms with Crippen molar-refractivity contribution in [3.63, 3.8) is 0 Å². The number of piperidine rings is 1. The van der Waals surface area contributed by atoms with E-state index in [4.69, 9.17) is 0 Å². The van der Waals surface area contributed by atoms with E-state index in [-0.39, 0.29) is 30.1 Å². The summed E-state index contributed by atoms with van der Waals surface area (Å²) in [5.74, 6) is -1.28. The van der Waals surface area contributed by atoms with Gasteiger partial charge in [0.25, 0.3) is 0 Å². The number of aliphatic carboxylic acids is 1. The molecule has 40 heavy (non-hydrogen) atoms. The van der Waals surface area contributed by atoms with Crippen LogP contribution in [0, 0.1) is 19.8 Å². The van der Waals surface area contributed by atoms with Gasteiger partial charge in [-0.15, -0.1) is 0 Å². The molecule has 0 bridgehead atoms. The standard InChI is InChI=1S/C32H38N4O4/c1-20(2)14-28(36-19-23(11-12-29(36)37)26-10-5-6-13-34-26)32(40)35-27(16-30(38)39)24-15-25(18-33-17-24)31-21(3)8-7-9-22(31)4/h5-10,13,15,17-18,20,23,27-28H,11-12,14,16,19H2,1-4H3,(H,35,40)(H,38,39)/t23?,27-,28+/m0/s1. The predicted molar refractivity (Wildman–Crippen MR) is 153 cm³/mol. The van der Waals surface area contributed by atoms with E-state index in [1.54, 1.807) is 23.5 Å². The largest absolute Gasteiger partial charge is 0.481 e. The van der Waals surface area contributed by atoms with E-state index in [0.29, 0.717) is 31.4 Å². The number of carboxylic acids is 1. The lowest BCUT2D eigenvalue weighted by molar-refractivity contribution is -0.144. The number of aromatic nitrogens is 2. The first-order valence-corrected chi connectivity index (χ1v) is 13.9. The smallest absolute Gasteiger partial charge is 0.305 e. The molecule has 1 saturated heterocycles. The molecule has 4 rings (SSSR count). The molecular weight excluding hydrogens is 504 g/mol. The highest BCUT2D eigenvalue weighted by Gasteiger charge is 2.37. The van der Waals surface area contributed by atoms with E-state index < -0.39 is 18.1 Å². The van der Waals surface area contributed by atoms with Crippen molar-refractivity contribution < 1.29 is 19.5 Å². The minimum absolute atomic E-state index is 0.0365. The summed E-state index contributed by atoms with van der Waals surface area (Å²) in [6.07, 6.45) is 6.28. The van der Waals surface area contributed by atoms with Gasteiger partial charge in [-0.25, -0.2) is 0 Å². The summed E-state index contributed by atoms with van der Waals surface area (Å²) < 4.78 is 0. The van der Waals surface area contributed by atoms with Crippen molar-refractivity contribution in [2.45, 2.75) is 71.4 Å². The molecule has 1 aromatic carbocycles. The molecule has 0 aliphatic carbocycles. The molecule has 1 unspecified atom stereocenters. The molecule has 1 aliphatic rings. The minimum atomic E-state index is -1.03. The van der Waals surface area contributed by atoms with Crippen LogP contribution in [0.25, 0.3) is 11.1 Å². The molecular formula is C32H38N4O4. The average Bonchev–Trinajstić information content (AvgIpc) is 2.92. The molecule has 0 spiro atoms. The number of carbonyl (C=O) groups is 3. The number of rotatable bonds is 10. The van der Waals surface area contributed by atoms with Gasteiger partial charge in [-0.3, -0.25) is 24.4 Å². The Morgan fingerprint density at radius 1 is 1.10 bits per heavy atom. The molecule has 1 fully saturated rings. The topological polar surface area (TPSA) is 112 Å². The molecule has 3 atom stereocenters. The summed E-state index contributed by atoms with van der Waals surface area (Å²) in [6.45, 7) is 8.47. The number of nitrogens with zero attached hydrogens (tertiary/aromatic N) is 3. The molecule has 0 radical (unpaired) electrons. The SMILES string of the molecule is Cc1cccc(C)c1-c1cncc([C@H](CC(=O)O)NC(=O)[C@@H](CC(C)C)N2CC(c3ccccn3)CCC2=O)c1. The first kappa shape index (κ1) is 28.9. The van der Waals surface area contributed by atoms with Gasteiger partial charge in [0.15, 0.2) is 0 Å². The van der Waals surface area contributed by atoms with Crippen molar-refractivity contribution in [1.82, 2.24) is 20.2 Å². The summed E-state index contributed by atoms with van der Waals surface area (Å²) in [4.78, 5) is 49.4. The summed E-state index contributed by atoms with van der Waals surface area (Å²) in [6, 6.07) is 12.2. The minimum Gasteiger partial charge on any atom is -0.481 e. The number of likely N-dealkylation sites (tertiary alicyclic amines) is 1. The van der Waals surface area contributed by atoms with E-state index in [1.807, 2.05) is 70.2 Å². The zero-order valence-corrected chi connectivity index (χ0v) is 23.6. The van der Waals surface area contributed by atoms with Crippen LogP contribution in [0.2, 0.25) is 0 Å². The van der Waals surface area contributed by atoms with E-state index in [1.165, 1.54) is 0 Å². The molecule has 1 aliphatic heterocycles. The Bertz CT molecular complexity index is 1340. The normalized spacial score (nSPS) is 17.0. The lowest BCUT2D eigenvalue weighted by Crippen LogP contribution is -2.53. The Kier molecular flexibility index (Phi) is 9.30. The second kappa shape index (κ2) is 12.9. The Morgan fingerprint density at radius 3 is 2.50 bits per heavy atom. The highest BCUT2D eigenvalue weighted by Crippen LogP contribution is 2.31. The van der Waals surface area contributed by atoms with Crippen molar-refractivity contribution in [3.05, 3.63) is 83.4 Å². The number of hydrogen-bond donors (Lipinski definition) is 2. The van der Waals surface area contributed by atoms with Crippen LogP contribution in [0.4, 0.5) is 0 Å². The van der Waals surface area contributed by atoms with Crippen LogP contribution in [0.15, 0.2) is 61.1 Å². The summed E-state index contributed by atoms with van der Waals surface area (Å²) in [5, 5.41) is 12.7. The van der Waals surface area contributed by atoms with Gasteiger partial charge < -0.3 is 15.3 Å². The van der Waals surface area contributed by atoms with Crippen molar-refractivity contribution in [2.75, 3.05) is 6.54 Å². The van der Waals surface area contributed by atoms with Crippen molar-refractivity contribution in [3.8, 4) is 11.1 Å². The van der Waals surface area contributed by atoms with Crippen LogP contribution in [0.1, 0.15) is 73.9 Å². The van der Waals surface area contributed by atoms with Gasteiger partial charge in [0.05, 0.1) is 12.5 Å². The van der Waals surface area contributed by atoms with Gasteiger partial charge in [-0.2, -0.15) is 0 Å².